The number of aliphatic hydroxyl groups is 1. The highest BCUT2D eigenvalue weighted by atomic mass is 32.2. The first-order chi connectivity index (χ1) is 15.8. The van der Waals surface area contributed by atoms with Crippen LogP contribution in [0.3, 0.4) is 0 Å². The minimum absolute atomic E-state index is 0.183. The predicted octanol–water partition coefficient (Wildman–Crippen LogP) is 1.91. The molecule has 0 unspecified atom stereocenters. The Kier molecular flexibility index (Phi) is 6.13. The summed E-state index contributed by atoms with van der Waals surface area (Å²) in [6.45, 7) is 9.10. The molecule has 0 bridgehead atoms. The number of rotatable bonds is 5. The second kappa shape index (κ2) is 8.05. The van der Waals surface area contributed by atoms with Gasteiger partial charge in [0.05, 0.1) is 12.5 Å². The number of hydrogen-bond acceptors (Lipinski definition) is 9. The van der Waals surface area contributed by atoms with Crippen LogP contribution in [0.2, 0.25) is 0 Å². The van der Waals surface area contributed by atoms with Gasteiger partial charge in [-0.3, -0.25) is 18.0 Å². The Balaban J connectivity index is 1.96. The quantitative estimate of drug-likeness (QED) is 0.417. The van der Waals surface area contributed by atoms with E-state index in [2.05, 4.69) is 6.58 Å². The molecule has 1 N–H and O–H groups in total. The van der Waals surface area contributed by atoms with E-state index in [-0.39, 0.29) is 24.5 Å². The molecule has 35 heavy (non-hydrogen) atoms. The van der Waals surface area contributed by atoms with E-state index in [1.807, 2.05) is 13.8 Å². The van der Waals surface area contributed by atoms with Crippen molar-refractivity contribution in [2.24, 2.45) is 28.6 Å². The van der Waals surface area contributed by atoms with Gasteiger partial charge in [-0.15, -0.1) is 0 Å². The van der Waals surface area contributed by atoms with Gasteiger partial charge in [0.1, 0.15) is 17.8 Å². The summed E-state index contributed by atoms with van der Waals surface area (Å²) in [6.07, 6.45) is 2.54. The Morgan fingerprint density at radius 2 is 1.69 bits per heavy atom. The molecule has 4 aliphatic rings. The summed E-state index contributed by atoms with van der Waals surface area (Å²) >= 11 is 0. The summed E-state index contributed by atoms with van der Waals surface area (Å²) < 4.78 is 60.6. The highest BCUT2D eigenvalue weighted by molar-refractivity contribution is 7.86. The molecule has 0 heterocycles. The molecule has 0 spiro atoms. The number of carbonyl (C=O) groups is 2. The van der Waals surface area contributed by atoms with Gasteiger partial charge in [0.25, 0.3) is 20.2 Å². The van der Waals surface area contributed by atoms with E-state index in [4.69, 9.17) is 8.37 Å². The van der Waals surface area contributed by atoms with Crippen LogP contribution < -0.4 is 0 Å². The summed E-state index contributed by atoms with van der Waals surface area (Å²) in [5.41, 5.74) is -2.59. The maximum Gasteiger partial charge on any atom is 0.265 e. The molecule has 0 amide bonds. The van der Waals surface area contributed by atoms with Crippen LogP contribution >= 0.6 is 0 Å². The molecule has 0 aromatic carbocycles. The van der Waals surface area contributed by atoms with Crippen molar-refractivity contribution in [3.8, 4) is 0 Å². The summed E-state index contributed by atoms with van der Waals surface area (Å²) in [5, 5.41) is 11.6. The second-order valence-electron chi connectivity index (χ2n) is 11.3. The zero-order chi connectivity index (χ0) is 26.4. The van der Waals surface area contributed by atoms with E-state index in [0.29, 0.717) is 30.4 Å². The molecule has 8 atom stereocenters. The molecule has 3 saturated carbocycles. The van der Waals surface area contributed by atoms with Gasteiger partial charge in [0.15, 0.2) is 11.6 Å². The molecule has 4 rings (SSSR count). The molecule has 11 heteroatoms. The van der Waals surface area contributed by atoms with Crippen LogP contribution in [0.4, 0.5) is 0 Å². The molecule has 0 aliphatic heterocycles. The Hall–Kier alpha value is -1.40. The van der Waals surface area contributed by atoms with E-state index in [9.17, 15) is 31.5 Å². The first-order valence-corrected chi connectivity index (χ1v) is 15.4. The fourth-order valence-corrected chi connectivity index (χ4v) is 8.98. The molecule has 196 valence electrons. The molecule has 9 nitrogen and oxygen atoms in total. The van der Waals surface area contributed by atoms with Gasteiger partial charge in [-0.2, -0.15) is 16.8 Å². The standard InChI is InChI=1S/C24H34O9S2/c1-13-11-17-19-16(8-10-23(17,4)24(13,27)14(2)25)22(3)9-7-15(26)12-18(22)20(32-34(5,28)29)21(19)33-35(6,30)31/h12,16-17,19-21,27H,1,7-11H2,2-6H3/t16-,17-,19+,20-,21+,22+,23-,24-/m0/s1. The minimum atomic E-state index is -4.08. The van der Waals surface area contributed by atoms with Gasteiger partial charge in [0.2, 0.25) is 0 Å². The van der Waals surface area contributed by atoms with E-state index in [1.165, 1.54) is 13.0 Å². The van der Waals surface area contributed by atoms with Crippen LogP contribution in [0, 0.1) is 28.6 Å². The third-order valence-corrected chi connectivity index (χ3v) is 10.4. The average molecular weight is 531 g/mol. The van der Waals surface area contributed by atoms with Crippen molar-refractivity contribution in [3.05, 3.63) is 23.8 Å². The molecule has 0 saturated heterocycles. The van der Waals surface area contributed by atoms with E-state index < -0.39 is 66.5 Å². The highest BCUT2D eigenvalue weighted by Crippen LogP contribution is 2.69. The predicted molar refractivity (Wildman–Crippen MR) is 127 cm³/mol. The molecular weight excluding hydrogens is 496 g/mol. The minimum Gasteiger partial charge on any atom is -0.377 e. The molecule has 4 aliphatic carbocycles. The van der Waals surface area contributed by atoms with Gasteiger partial charge in [0, 0.05) is 11.8 Å². The number of Topliss-reactive ketones (excluding diaryl/α,β-unsaturated/α-hetero) is 1. The Morgan fingerprint density at radius 3 is 2.23 bits per heavy atom. The fraction of sp³-hybridized carbons (Fsp3) is 0.750. The second-order valence-corrected chi connectivity index (χ2v) is 14.5. The maximum atomic E-state index is 12.7. The largest absolute Gasteiger partial charge is 0.377 e. The van der Waals surface area contributed by atoms with Crippen LogP contribution in [-0.2, 0) is 38.2 Å². The smallest absolute Gasteiger partial charge is 0.265 e. The van der Waals surface area contributed by atoms with Gasteiger partial charge >= 0.3 is 0 Å². The lowest BCUT2D eigenvalue weighted by Gasteiger charge is -2.61. The number of fused-ring (bicyclic) bond motifs is 5. The van der Waals surface area contributed by atoms with Crippen molar-refractivity contribution >= 4 is 31.8 Å². The van der Waals surface area contributed by atoms with Crippen LogP contribution in [0.5, 0.6) is 0 Å². The van der Waals surface area contributed by atoms with Crippen LogP contribution in [0.1, 0.15) is 52.9 Å². The average Bonchev–Trinajstić information content (AvgIpc) is 2.91. The summed E-state index contributed by atoms with van der Waals surface area (Å²) in [4.78, 5) is 25.1. The van der Waals surface area contributed by atoms with Crippen LogP contribution in [0.15, 0.2) is 23.8 Å². The van der Waals surface area contributed by atoms with Gasteiger partial charge in [-0.25, -0.2) is 0 Å². The van der Waals surface area contributed by atoms with Gasteiger partial charge in [-0.1, -0.05) is 20.4 Å². The Bertz CT molecular complexity index is 1230. The lowest BCUT2D eigenvalue weighted by molar-refractivity contribution is -0.170. The Labute approximate surface area is 207 Å². The zero-order valence-electron chi connectivity index (χ0n) is 20.7. The topological polar surface area (TPSA) is 141 Å². The SMILES string of the molecule is C=C1C[C@H]2[C@@H]3[C@@H](OS(C)(=O)=O)[C@@H](OS(C)(=O)=O)C4=CC(=O)CC[C@]4(C)[C@H]3CC[C@]2(C)[C@@]1(O)C(C)=O. The van der Waals surface area contributed by atoms with Crippen molar-refractivity contribution in [1.82, 2.24) is 0 Å². The third kappa shape index (κ3) is 3.98. The first-order valence-electron chi connectivity index (χ1n) is 11.8. The fourth-order valence-electron chi connectivity index (χ4n) is 7.75. The Morgan fingerprint density at radius 1 is 1.09 bits per heavy atom. The number of hydrogen-bond donors (Lipinski definition) is 1. The normalized spacial score (nSPS) is 43.7. The van der Waals surface area contributed by atoms with Crippen LogP contribution in [0.25, 0.3) is 0 Å². The van der Waals surface area contributed by atoms with E-state index in [1.54, 1.807) is 0 Å². The maximum absolute atomic E-state index is 12.7. The van der Waals surface area contributed by atoms with E-state index >= 15 is 0 Å². The summed E-state index contributed by atoms with van der Waals surface area (Å²) in [7, 11) is -8.16. The lowest BCUT2D eigenvalue weighted by atomic mass is 9.45. The first kappa shape index (κ1) is 26.7. The molecule has 0 radical (unpaired) electrons. The highest BCUT2D eigenvalue weighted by Gasteiger charge is 2.70. The van der Waals surface area contributed by atoms with Crippen molar-refractivity contribution in [2.45, 2.75) is 70.7 Å². The van der Waals surface area contributed by atoms with E-state index in [0.717, 1.165) is 12.5 Å². The van der Waals surface area contributed by atoms with Crippen molar-refractivity contribution < 1.29 is 39.9 Å². The molecule has 0 aromatic rings. The van der Waals surface area contributed by atoms with Gasteiger partial charge < -0.3 is 5.11 Å². The van der Waals surface area contributed by atoms with Crippen molar-refractivity contribution in [3.63, 3.8) is 0 Å². The summed E-state index contributed by atoms with van der Waals surface area (Å²) in [6, 6.07) is 0. The summed E-state index contributed by atoms with van der Waals surface area (Å²) in [5.74, 6) is -1.79. The van der Waals surface area contributed by atoms with Gasteiger partial charge in [-0.05, 0) is 73.0 Å². The lowest BCUT2D eigenvalue weighted by Crippen LogP contribution is -2.64. The monoisotopic (exact) mass is 530 g/mol. The number of carbonyl (C=O) groups excluding carboxylic acids is 2. The van der Waals surface area contributed by atoms with Crippen molar-refractivity contribution in [2.75, 3.05) is 12.5 Å². The van der Waals surface area contributed by atoms with Crippen molar-refractivity contribution in [1.29, 1.82) is 0 Å². The molecular formula is C24H34O9S2. The zero-order valence-corrected chi connectivity index (χ0v) is 22.4. The van der Waals surface area contributed by atoms with Crippen LogP contribution in [-0.4, -0.2) is 63.8 Å². The molecule has 3 fully saturated rings. The third-order valence-electron chi connectivity index (χ3n) is 9.27. The number of ketones is 2. The molecule has 0 aromatic heterocycles.